The monoisotopic (exact) mass is 439 g/mol. The molecule has 0 spiro atoms. The Morgan fingerprint density at radius 3 is 2.64 bits per heavy atom. The second-order valence-electron chi connectivity index (χ2n) is 7.16. The lowest BCUT2D eigenvalue weighted by Gasteiger charge is -2.17. The van der Waals surface area contributed by atoms with Crippen molar-refractivity contribution in [3.05, 3.63) is 39.4 Å². The first-order chi connectivity index (χ1) is 13.4. The number of hydrogen-bond acceptors (Lipinski definition) is 5. The summed E-state index contributed by atoms with van der Waals surface area (Å²) >= 11 is 7.67. The molecule has 1 aliphatic carbocycles. The number of carbonyl (C=O) groups is 1. The molecule has 2 aromatic rings. The van der Waals surface area contributed by atoms with E-state index in [-0.39, 0.29) is 21.4 Å². The first-order valence-corrected chi connectivity index (χ1v) is 12.2. The Morgan fingerprint density at radius 1 is 1.11 bits per heavy atom. The van der Waals surface area contributed by atoms with Crippen LogP contribution in [-0.2, 0) is 22.9 Å². The number of thiazole rings is 1. The maximum absolute atomic E-state index is 12.9. The number of carbonyl (C=O) groups excluding carboxylic acids is 1. The molecule has 1 N–H and O–H groups in total. The molecule has 1 fully saturated rings. The molecular formula is C19H22ClN3O3S2. The van der Waals surface area contributed by atoms with Crippen molar-refractivity contribution in [3.63, 3.8) is 0 Å². The molecular weight excluding hydrogens is 418 g/mol. The average molecular weight is 440 g/mol. The van der Waals surface area contributed by atoms with Gasteiger partial charge in [-0.1, -0.05) is 18.0 Å². The Hall–Kier alpha value is -1.48. The Bertz CT molecular complexity index is 974. The number of aryl methyl sites for hydroxylation is 2. The molecule has 9 heteroatoms. The summed E-state index contributed by atoms with van der Waals surface area (Å²) < 4.78 is 27.1. The number of fused-ring (bicyclic) bond motifs is 1. The zero-order chi connectivity index (χ0) is 19.7. The number of hydrogen-bond donors (Lipinski definition) is 1. The van der Waals surface area contributed by atoms with E-state index in [2.05, 4.69) is 10.3 Å². The van der Waals surface area contributed by atoms with Crippen LogP contribution in [0.5, 0.6) is 0 Å². The van der Waals surface area contributed by atoms with Gasteiger partial charge in [-0.15, -0.1) is 11.3 Å². The number of sulfonamides is 1. The number of nitrogens with one attached hydrogen (secondary N) is 1. The van der Waals surface area contributed by atoms with Gasteiger partial charge >= 0.3 is 0 Å². The lowest BCUT2D eigenvalue weighted by atomic mass is 10.2. The summed E-state index contributed by atoms with van der Waals surface area (Å²) in [5.74, 6) is -0.376. The van der Waals surface area contributed by atoms with E-state index in [0.717, 1.165) is 44.2 Å². The highest BCUT2D eigenvalue weighted by atomic mass is 35.5. The summed E-state index contributed by atoms with van der Waals surface area (Å²) in [5.41, 5.74) is 1.33. The van der Waals surface area contributed by atoms with Gasteiger partial charge in [0.05, 0.1) is 10.7 Å². The number of amides is 1. The quantitative estimate of drug-likeness (QED) is 0.727. The smallest absolute Gasteiger partial charge is 0.257 e. The van der Waals surface area contributed by atoms with Crippen molar-refractivity contribution in [2.75, 3.05) is 18.4 Å². The second kappa shape index (κ2) is 8.10. The number of nitrogens with zero attached hydrogens (tertiary/aromatic N) is 2. The normalized spacial score (nSPS) is 17.9. The third-order valence-corrected chi connectivity index (χ3v) is 8.65. The molecule has 1 aliphatic heterocycles. The number of anilines is 1. The fraction of sp³-hybridized carbons (Fsp3) is 0.474. The first-order valence-electron chi connectivity index (χ1n) is 9.55. The number of rotatable bonds is 4. The fourth-order valence-corrected chi connectivity index (χ4v) is 6.72. The van der Waals surface area contributed by atoms with Gasteiger partial charge in [-0.05, 0) is 56.7 Å². The summed E-state index contributed by atoms with van der Waals surface area (Å²) in [6.45, 7) is 0.972. The van der Waals surface area contributed by atoms with Crippen LogP contribution < -0.4 is 5.32 Å². The Balaban J connectivity index is 1.57. The molecule has 1 aromatic heterocycles. The molecule has 1 aromatic carbocycles. The van der Waals surface area contributed by atoms with Crippen LogP contribution in [0.2, 0.25) is 5.02 Å². The molecule has 0 saturated carbocycles. The van der Waals surface area contributed by atoms with Crippen molar-refractivity contribution in [3.8, 4) is 0 Å². The van der Waals surface area contributed by atoms with Gasteiger partial charge in [-0.25, -0.2) is 13.4 Å². The molecule has 150 valence electrons. The molecule has 0 unspecified atom stereocenters. The van der Waals surface area contributed by atoms with E-state index in [0.29, 0.717) is 18.2 Å². The van der Waals surface area contributed by atoms with Crippen molar-refractivity contribution in [1.29, 1.82) is 0 Å². The van der Waals surface area contributed by atoms with E-state index < -0.39 is 10.0 Å². The number of halogens is 1. The SMILES string of the molecule is O=C(Nc1nc2c(s1)CCCCC2)c1ccc(Cl)c(S(=O)(=O)N2CCCC2)c1. The Kier molecular flexibility index (Phi) is 5.73. The summed E-state index contributed by atoms with van der Waals surface area (Å²) in [6.07, 6.45) is 7.11. The third-order valence-electron chi connectivity index (χ3n) is 5.19. The van der Waals surface area contributed by atoms with Crippen LogP contribution in [0.25, 0.3) is 0 Å². The van der Waals surface area contributed by atoms with Crippen LogP contribution in [0.15, 0.2) is 23.1 Å². The van der Waals surface area contributed by atoms with Gasteiger partial charge in [0.1, 0.15) is 4.90 Å². The van der Waals surface area contributed by atoms with E-state index >= 15 is 0 Å². The predicted octanol–water partition coefficient (Wildman–Crippen LogP) is 4.10. The number of aromatic nitrogens is 1. The van der Waals surface area contributed by atoms with Gasteiger partial charge < -0.3 is 0 Å². The third kappa shape index (κ3) is 3.96. The van der Waals surface area contributed by atoms with Crippen molar-refractivity contribution < 1.29 is 13.2 Å². The second-order valence-corrected chi connectivity index (χ2v) is 10.6. The van der Waals surface area contributed by atoms with E-state index in [1.807, 2.05) is 0 Å². The van der Waals surface area contributed by atoms with E-state index in [9.17, 15) is 13.2 Å². The molecule has 1 saturated heterocycles. The van der Waals surface area contributed by atoms with Crippen molar-refractivity contribution in [2.24, 2.45) is 0 Å². The van der Waals surface area contributed by atoms with Crippen LogP contribution in [0.1, 0.15) is 53.0 Å². The summed E-state index contributed by atoms with van der Waals surface area (Å²) in [6, 6.07) is 4.37. The topological polar surface area (TPSA) is 79.4 Å². The Labute approximate surface area is 174 Å². The lowest BCUT2D eigenvalue weighted by Crippen LogP contribution is -2.28. The summed E-state index contributed by atoms with van der Waals surface area (Å²) in [7, 11) is -3.70. The molecule has 2 aliphatic rings. The maximum Gasteiger partial charge on any atom is 0.257 e. The van der Waals surface area contributed by atoms with Gasteiger partial charge in [-0.2, -0.15) is 4.31 Å². The minimum atomic E-state index is -3.70. The molecule has 0 radical (unpaired) electrons. The first kappa shape index (κ1) is 19.8. The van der Waals surface area contributed by atoms with Crippen LogP contribution in [0, 0.1) is 0 Å². The highest BCUT2D eigenvalue weighted by Crippen LogP contribution is 2.31. The molecule has 6 nitrogen and oxygen atoms in total. The van der Waals surface area contributed by atoms with Crippen LogP contribution in [-0.4, -0.2) is 36.7 Å². The van der Waals surface area contributed by atoms with Crippen LogP contribution in [0.3, 0.4) is 0 Å². The minimum Gasteiger partial charge on any atom is -0.298 e. The van der Waals surface area contributed by atoms with Gasteiger partial charge in [-0.3, -0.25) is 10.1 Å². The van der Waals surface area contributed by atoms with E-state index in [1.165, 1.54) is 39.1 Å². The molecule has 0 bridgehead atoms. The van der Waals surface area contributed by atoms with Crippen molar-refractivity contribution in [1.82, 2.24) is 9.29 Å². The zero-order valence-corrected chi connectivity index (χ0v) is 17.8. The van der Waals surface area contributed by atoms with Crippen LogP contribution >= 0.6 is 22.9 Å². The minimum absolute atomic E-state index is 0.0152. The predicted molar refractivity (Wildman–Crippen MR) is 111 cm³/mol. The molecule has 2 heterocycles. The zero-order valence-electron chi connectivity index (χ0n) is 15.4. The molecule has 1 amide bonds. The molecule has 0 atom stereocenters. The van der Waals surface area contributed by atoms with E-state index in [4.69, 9.17) is 11.6 Å². The largest absolute Gasteiger partial charge is 0.298 e. The van der Waals surface area contributed by atoms with Gasteiger partial charge in [0.15, 0.2) is 5.13 Å². The highest BCUT2D eigenvalue weighted by molar-refractivity contribution is 7.89. The van der Waals surface area contributed by atoms with E-state index in [1.54, 1.807) is 6.07 Å². The summed E-state index contributed by atoms with van der Waals surface area (Å²) in [5, 5.41) is 3.52. The Morgan fingerprint density at radius 2 is 1.86 bits per heavy atom. The lowest BCUT2D eigenvalue weighted by molar-refractivity contribution is 0.102. The van der Waals surface area contributed by atoms with Gasteiger partial charge in [0.25, 0.3) is 5.91 Å². The molecule has 4 rings (SSSR count). The fourth-order valence-electron chi connectivity index (χ4n) is 3.66. The standard InChI is InChI=1S/C19H22ClN3O3S2/c20-14-9-8-13(12-17(14)28(25,26)23-10-4-5-11-23)18(24)22-19-21-15-6-2-1-3-7-16(15)27-19/h8-9,12H,1-7,10-11H2,(H,21,22,24). The van der Waals surface area contributed by atoms with Gasteiger partial charge in [0.2, 0.25) is 10.0 Å². The average Bonchev–Trinajstić information content (AvgIpc) is 3.28. The van der Waals surface area contributed by atoms with Gasteiger partial charge in [0, 0.05) is 23.5 Å². The van der Waals surface area contributed by atoms with Crippen LogP contribution in [0.4, 0.5) is 5.13 Å². The van der Waals surface area contributed by atoms with Crippen molar-refractivity contribution in [2.45, 2.75) is 49.8 Å². The number of benzene rings is 1. The van der Waals surface area contributed by atoms with Crippen molar-refractivity contribution >= 4 is 44.0 Å². The summed E-state index contributed by atoms with van der Waals surface area (Å²) in [4.78, 5) is 18.5. The highest BCUT2D eigenvalue weighted by Gasteiger charge is 2.30. The molecule has 28 heavy (non-hydrogen) atoms. The maximum atomic E-state index is 12.9.